The van der Waals surface area contributed by atoms with Crippen LogP contribution in [0.2, 0.25) is 0 Å². The van der Waals surface area contributed by atoms with Gasteiger partial charge in [0.1, 0.15) is 0 Å². The summed E-state index contributed by atoms with van der Waals surface area (Å²) in [6, 6.07) is 0.443. The third-order valence-electron chi connectivity index (χ3n) is 3.60. The lowest BCUT2D eigenvalue weighted by atomic mass is 9.95. The zero-order chi connectivity index (χ0) is 12.3. The number of ether oxygens (including phenoxy) is 1. The molecule has 1 aliphatic heterocycles. The maximum absolute atomic E-state index is 11.1. The number of aliphatic carboxylic acids is 1. The lowest BCUT2D eigenvalue weighted by molar-refractivity contribution is -0.143. The van der Waals surface area contributed by atoms with Gasteiger partial charge in [0.2, 0.25) is 0 Å². The van der Waals surface area contributed by atoms with Crippen LogP contribution >= 0.6 is 0 Å². The molecule has 1 heterocycles. The zero-order valence-corrected chi connectivity index (χ0v) is 10.6. The SMILES string of the molecule is CCC(C(C)C)N(C)C1COCC1C(=O)O. The van der Waals surface area contributed by atoms with Gasteiger partial charge in [-0.15, -0.1) is 0 Å². The number of hydrogen-bond acceptors (Lipinski definition) is 3. The van der Waals surface area contributed by atoms with E-state index in [1.165, 1.54) is 0 Å². The van der Waals surface area contributed by atoms with E-state index in [4.69, 9.17) is 9.84 Å². The van der Waals surface area contributed by atoms with Gasteiger partial charge in [-0.3, -0.25) is 9.69 Å². The number of carboxylic acid groups (broad SMARTS) is 1. The molecule has 3 atom stereocenters. The van der Waals surface area contributed by atoms with Crippen molar-refractivity contribution in [2.75, 3.05) is 20.3 Å². The highest BCUT2D eigenvalue weighted by atomic mass is 16.5. The Balaban J connectivity index is 2.71. The predicted octanol–water partition coefficient (Wildman–Crippen LogP) is 1.45. The number of hydrogen-bond donors (Lipinski definition) is 1. The molecule has 0 aromatic carbocycles. The fourth-order valence-electron chi connectivity index (χ4n) is 2.66. The fourth-order valence-corrected chi connectivity index (χ4v) is 2.66. The molecule has 3 unspecified atom stereocenters. The van der Waals surface area contributed by atoms with Crippen molar-refractivity contribution in [3.05, 3.63) is 0 Å². The molecule has 4 nitrogen and oxygen atoms in total. The molecule has 1 N–H and O–H groups in total. The summed E-state index contributed by atoms with van der Waals surface area (Å²) in [5.74, 6) is -0.587. The smallest absolute Gasteiger partial charge is 0.310 e. The molecule has 4 heteroatoms. The molecule has 1 fully saturated rings. The van der Waals surface area contributed by atoms with E-state index in [0.29, 0.717) is 25.2 Å². The van der Waals surface area contributed by atoms with E-state index in [0.717, 1.165) is 6.42 Å². The first-order chi connectivity index (χ1) is 7.49. The van der Waals surface area contributed by atoms with Crippen molar-refractivity contribution in [2.24, 2.45) is 11.8 Å². The summed E-state index contributed by atoms with van der Waals surface area (Å²) in [4.78, 5) is 13.3. The number of carboxylic acids is 1. The molecule has 0 amide bonds. The van der Waals surface area contributed by atoms with Gasteiger partial charge in [-0.05, 0) is 19.4 Å². The van der Waals surface area contributed by atoms with Gasteiger partial charge in [0.05, 0.1) is 19.1 Å². The molecule has 0 aromatic rings. The van der Waals surface area contributed by atoms with E-state index in [1.807, 2.05) is 7.05 Å². The minimum Gasteiger partial charge on any atom is -0.481 e. The van der Waals surface area contributed by atoms with Crippen molar-refractivity contribution in [3.63, 3.8) is 0 Å². The monoisotopic (exact) mass is 229 g/mol. The molecule has 0 spiro atoms. The Labute approximate surface area is 97.6 Å². The molecule has 0 saturated carbocycles. The Hall–Kier alpha value is -0.610. The molecule has 0 bridgehead atoms. The van der Waals surface area contributed by atoms with Gasteiger partial charge in [0.15, 0.2) is 0 Å². The fraction of sp³-hybridized carbons (Fsp3) is 0.917. The maximum Gasteiger partial charge on any atom is 0.310 e. The van der Waals surface area contributed by atoms with Crippen molar-refractivity contribution in [2.45, 2.75) is 39.3 Å². The summed E-state index contributed by atoms with van der Waals surface area (Å²) in [5.41, 5.74) is 0. The van der Waals surface area contributed by atoms with Crippen molar-refractivity contribution >= 4 is 5.97 Å². The Bertz CT molecular complexity index is 242. The van der Waals surface area contributed by atoms with Crippen LogP contribution in [-0.2, 0) is 9.53 Å². The first kappa shape index (κ1) is 13.5. The van der Waals surface area contributed by atoms with Crippen LogP contribution in [-0.4, -0.2) is 48.3 Å². The topological polar surface area (TPSA) is 49.8 Å². The van der Waals surface area contributed by atoms with Gasteiger partial charge >= 0.3 is 5.97 Å². The van der Waals surface area contributed by atoms with Crippen LogP contribution < -0.4 is 0 Å². The Morgan fingerprint density at radius 3 is 2.56 bits per heavy atom. The normalized spacial score (nSPS) is 27.6. The van der Waals surface area contributed by atoms with Crippen LogP contribution in [0.25, 0.3) is 0 Å². The Morgan fingerprint density at radius 1 is 1.50 bits per heavy atom. The van der Waals surface area contributed by atoms with Crippen LogP contribution in [0, 0.1) is 11.8 Å². The van der Waals surface area contributed by atoms with Gasteiger partial charge < -0.3 is 9.84 Å². The quantitative estimate of drug-likeness (QED) is 0.775. The molecule has 0 aliphatic carbocycles. The van der Waals surface area contributed by atoms with E-state index in [1.54, 1.807) is 0 Å². The van der Waals surface area contributed by atoms with E-state index in [-0.39, 0.29) is 12.0 Å². The van der Waals surface area contributed by atoms with E-state index < -0.39 is 5.97 Å². The summed E-state index contributed by atoms with van der Waals surface area (Å²) >= 11 is 0. The summed E-state index contributed by atoms with van der Waals surface area (Å²) in [5, 5.41) is 9.12. The molecule has 0 aromatic heterocycles. The largest absolute Gasteiger partial charge is 0.481 e. The van der Waals surface area contributed by atoms with Crippen molar-refractivity contribution in [3.8, 4) is 0 Å². The predicted molar refractivity (Wildman–Crippen MR) is 62.4 cm³/mol. The first-order valence-corrected chi connectivity index (χ1v) is 6.01. The summed E-state index contributed by atoms with van der Waals surface area (Å²) in [7, 11) is 2.02. The molecule has 0 radical (unpaired) electrons. The van der Waals surface area contributed by atoms with Crippen LogP contribution in [0.4, 0.5) is 0 Å². The summed E-state index contributed by atoms with van der Waals surface area (Å²) < 4.78 is 5.30. The van der Waals surface area contributed by atoms with Crippen molar-refractivity contribution in [1.82, 2.24) is 4.90 Å². The Morgan fingerprint density at radius 2 is 2.12 bits per heavy atom. The van der Waals surface area contributed by atoms with Gasteiger partial charge in [-0.1, -0.05) is 20.8 Å². The molecular weight excluding hydrogens is 206 g/mol. The molecule has 16 heavy (non-hydrogen) atoms. The van der Waals surface area contributed by atoms with Crippen molar-refractivity contribution < 1.29 is 14.6 Å². The van der Waals surface area contributed by atoms with Crippen molar-refractivity contribution in [1.29, 1.82) is 0 Å². The van der Waals surface area contributed by atoms with Crippen LogP contribution in [0.3, 0.4) is 0 Å². The van der Waals surface area contributed by atoms with Gasteiger partial charge in [0, 0.05) is 12.1 Å². The second-order valence-electron chi connectivity index (χ2n) is 4.93. The number of likely N-dealkylation sites (N-methyl/N-ethyl adjacent to an activating group) is 1. The highest BCUT2D eigenvalue weighted by Crippen LogP contribution is 2.24. The number of nitrogens with zero attached hydrogens (tertiary/aromatic N) is 1. The highest BCUT2D eigenvalue weighted by molar-refractivity contribution is 5.71. The third kappa shape index (κ3) is 2.74. The molecule has 1 aliphatic rings. The van der Waals surface area contributed by atoms with Gasteiger partial charge in [-0.25, -0.2) is 0 Å². The van der Waals surface area contributed by atoms with Gasteiger partial charge in [-0.2, -0.15) is 0 Å². The number of carbonyl (C=O) groups is 1. The van der Waals surface area contributed by atoms with E-state index in [9.17, 15) is 4.79 Å². The minimum absolute atomic E-state index is 0.0184. The highest BCUT2D eigenvalue weighted by Gasteiger charge is 2.38. The summed E-state index contributed by atoms with van der Waals surface area (Å²) in [6.45, 7) is 7.38. The Kier molecular flexibility index (Phi) is 4.74. The average molecular weight is 229 g/mol. The zero-order valence-electron chi connectivity index (χ0n) is 10.6. The van der Waals surface area contributed by atoms with E-state index >= 15 is 0 Å². The second kappa shape index (κ2) is 5.64. The number of rotatable bonds is 5. The summed E-state index contributed by atoms with van der Waals surface area (Å²) in [6.07, 6.45) is 1.04. The van der Waals surface area contributed by atoms with Gasteiger partial charge in [0.25, 0.3) is 0 Å². The lowest BCUT2D eigenvalue weighted by Crippen LogP contribution is -2.48. The standard InChI is InChI=1S/C12H23NO3/c1-5-10(8(2)3)13(4)11-7-16-6-9(11)12(14)15/h8-11H,5-7H2,1-4H3,(H,14,15). The van der Waals surface area contributed by atoms with Crippen LogP contribution in [0.15, 0.2) is 0 Å². The van der Waals surface area contributed by atoms with E-state index in [2.05, 4.69) is 25.7 Å². The maximum atomic E-state index is 11.1. The minimum atomic E-state index is -0.743. The average Bonchev–Trinajstić information content (AvgIpc) is 2.65. The second-order valence-corrected chi connectivity index (χ2v) is 4.93. The van der Waals surface area contributed by atoms with Crippen LogP contribution in [0.1, 0.15) is 27.2 Å². The lowest BCUT2D eigenvalue weighted by Gasteiger charge is -2.36. The molecule has 1 rings (SSSR count). The third-order valence-corrected chi connectivity index (χ3v) is 3.60. The molecule has 94 valence electrons. The molecular formula is C12H23NO3. The van der Waals surface area contributed by atoms with Crippen LogP contribution in [0.5, 0.6) is 0 Å². The first-order valence-electron chi connectivity index (χ1n) is 6.01. The molecule has 1 saturated heterocycles.